The highest BCUT2D eigenvalue weighted by Crippen LogP contribution is 2.44. The quantitative estimate of drug-likeness (QED) is 0.151. The Balaban J connectivity index is 1.73. The molecule has 0 bridgehead atoms. The van der Waals surface area contributed by atoms with E-state index in [2.05, 4.69) is 46.0 Å². The van der Waals surface area contributed by atoms with E-state index in [0.29, 0.717) is 32.3 Å². The average molecular weight is 575 g/mol. The van der Waals surface area contributed by atoms with E-state index >= 15 is 0 Å². The van der Waals surface area contributed by atoms with E-state index in [1.807, 2.05) is 45.0 Å². The number of benzene rings is 1. The van der Waals surface area contributed by atoms with Crippen LogP contribution < -0.4 is 4.74 Å². The Morgan fingerprint density at radius 1 is 1.12 bits per heavy atom. The molecule has 40 heavy (non-hydrogen) atoms. The molecule has 0 N–H and O–H groups in total. The standard InChI is InChI=1S/C32H50O7Si/c1-31(2,3)38-29(33)12-10-11-24(39-40(8,9)32(4,5)6)17-18-25-26-19-30(34)37-28(26)20-27(25)36-21-22-13-15-23(35-7)16-14-22/h13-18,24-28H,10-12,19-21H2,1-9H3/t24-,25-,26+,27+,28-/m0/s1. The molecule has 7 nitrogen and oxygen atoms in total. The Labute approximate surface area is 242 Å². The van der Waals surface area contributed by atoms with Crippen LogP contribution in [-0.2, 0) is 34.8 Å². The maximum atomic E-state index is 12.3. The topological polar surface area (TPSA) is 80.3 Å². The molecule has 2 fully saturated rings. The van der Waals surface area contributed by atoms with Crippen LogP contribution in [0.5, 0.6) is 5.75 Å². The molecule has 2 aliphatic rings. The molecule has 0 unspecified atom stereocenters. The monoisotopic (exact) mass is 574 g/mol. The summed E-state index contributed by atoms with van der Waals surface area (Å²) in [5, 5.41) is 0.0540. The van der Waals surface area contributed by atoms with Gasteiger partial charge in [0.2, 0.25) is 0 Å². The maximum Gasteiger partial charge on any atom is 0.306 e. The highest BCUT2D eigenvalue weighted by Gasteiger charge is 2.49. The van der Waals surface area contributed by atoms with Crippen molar-refractivity contribution in [3.8, 4) is 5.75 Å². The van der Waals surface area contributed by atoms with Crippen LogP contribution in [0.15, 0.2) is 36.4 Å². The summed E-state index contributed by atoms with van der Waals surface area (Å²) in [6, 6.07) is 7.88. The first kappa shape index (κ1) is 32.4. The van der Waals surface area contributed by atoms with Crippen LogP contribution in [0, 0.1) is 11.8 Å². The van der Waals surface area contributed by atoms with Crippen molar-refractivity contribution >= 4 is 20.3 Å². The zero-order valence-corrected chi connectivity index (χ0v) is 27.0. The Kier molecular flexibility index (Phi) is 10.7. The highest BCUT2D eigenvalue weighted by atomic mass is 28.4. The lowest BCUT2D eigenvalue weighted by Crippen LogP contribution is -2.43. The largest absolute Gasteiger partial charge is 0.497 e. The van der Waals surface area contributed by atoms with Crippen LogP contribution in [0.25, 0.3) is 0 Å². The molecule has 1 aromatic carbocycles. The third kappa shape index (κ3) is 9.18. The van der Waals surface area contributed by atoms with Crippen molar-refractivity contribution in [2.75, 3.05) is 7.11 Å². The molecule has 3 rings (SSSR count). The molecule has 0 radical (unpaired) electrons. The van der Waals surface area contributed by atoms with E-state index in [9.17, 15) is 9.59 Å². The first-order valence-corrected chi connectivity index (χ1v) is 17.5. The molecule has 0 amide bonds. The molecule has 1 saturated carbocycles. The van der Waals surface area contributed by atoms with Crippen LogP contribution in [0.4, 0.5) is 0 Å². The number of methoxy groups -OCH3 is 1. The Morgan fingerprint density at radius 3 is 2.40 bits per heavy atom. The summed E-state index contributed by atoms with van der Waals surface area (Å²) in [7, 11) is -0.416. The number of fused-ring (bicyclic) bond motifs is 1. The molecule has 224 valence electrons. The van der Waals surface area contributed by atoms with Gasteiger partial charge in [0.1, 0.15) is 17.5 Å². The van der Waals surface area contributed by atoms with Gasteiger partial charge in [-0.05, 0) is 69.4 Å². The van der Waals surface area contributed by atoms with Crippen LogP contribution in [-0.4, -0.2) is 51.3 Å². The lowest BCUT2D eigenvalue weighted by molar-refractivity contribution is -0.155. The van der Waals surface area contributed by atoms with Crippen LogP contribution in [0.1, 0.15) is 79.2 Å². The van der Waals surface area contributed by atoms with Gasteiger partial charge in [-0.15, -0.1) is 0 Å². The molecule has 1 heterocycles. The SMILES string of the molecule is COc1ccc(CO[C@@H]2C[C@@H]3OC(=O)C[C@@H]3[C@@H]2C=C[C@H](CCCC(=O)OC(C)(C)C)O[Si](C)(C)C(C)(C)C)cc1. The first-order chi connectivity index (χ1) is 18.6. The Morgan fingerprint density at radius 2 is 1.80 bits per heavy atom. The lowest BCUT2D eigenvalue weighted by atomic mass is 9.91. The van der Waals surface area contributed by atoms with E-state index in [-0.39, 0.29) is 47.1 Å². The molecule has 1 aromatic rings. The summed E-state index contributed by atoms with van der Waals surface area (Å²) in [4.78, 5) is 24.5. The van der Waals surface area contributed by atoms with Gasteiger partial charge in [0.25, 0.3) is 0 Å². The first-order valence-electron chi connectivity index (χ1n) is 14.6. The van der Waals surface area contributed by atoms with Crippen molar-refractivity contribution < 1.29 is 33.0 Å². The minimum Gasteiger partial charge on any atom is -0.497 e. The number of esters is 2. The van der Waals surface area contributed by atoms with Crippen molar-refractivity contribution in [2.24, 2.45) is 11.8 Å². The number of carbonyl (C=O) groups excluding carboxylic acids is 2. The van der Waals surface area contributed by atoms with Gasteiger partial charge in [-0.1, -0.05) is 45.1 Å². The minimum absolute atomic E-state index is 0.0473. The summed E-state index contributed by atoms with van der Waals surface area (Å²) < 4.78 is 29.6. The van der Waals surface area contributed by atoms with Gasteiger partial charge in [0.05, 0.1) is 32.3 Å². The van der Waals surface area contributed by atoms with Crippen molar-refractivity contribution in [2.45, 2.75) is 122 Å². The fourth-order valence-corrected chi connectivity index (χ4v) is 6.42. The van der Waals surface area contributed by atoms with Crippen LogP contribution in [0.2, 0.25) is 18.1 Å². The second-order valence-electron chi connectivity index (χ2n) is 13.7. The third-order valence-electron chi connectivity index (χ3n) is 8.26. The fourth-order valence-electron chi connectivity index (χ4n) is 5.11. The van der Waals surface area contributed by atoms with Gasteiger partial charge in [-0.25, -0.2) is 0 Å². The molecule has 8 heteroatoms. The predicted molar refractivity (Wildman–Crippen MR) is 159 cm³/mol. The predicted octanol–water partition coefficient (Wildman–Crippen LogP) is 6.99. The molecule has 0 aromatic heterocycles. The lowest BCUT2D eigenvalue weighted by Gasteiger charge is -2.39. The van der Waals surface area contributed by atoms with Crippen molar-refractivity contribution in [3.05, 3.63) is 42.0 Å². The van der Waals surface area contributed by atoms with Gasteiger partial charge < -0.3 is 23.4 Å². The molecule has 1 aliphatic heterocycles. The number of ether oxygens (including phenoxy) is 4. The number of hydrogen-bond acceptors (Lipinski definition) is 7. The zero-order valence-electron chi connectivity index (χ0n) is 26.0. The molecular formula is C32H50O7Si. The normalized spacial score (nSPS) is 24.2. The average Bonchev–Trinajstić information content (AvgIpc) is 3.34. The van der Waals surface area contributed by atoms with E-state index in [0.717, 1.165) is 17.7 Å². The van der Waals surface area contributed by atoms with Crippen molar-refractivity contribution in [1.29, 1.82) is 0 Å². The summed E-state index contributed by atoms with van der Waals surface area (Å²) >= 11 is 0. The number of hydrogen-bond donors (Lipinski definition) is 0. The molecule has 1 saturated heterocycles. The molecule has 0 spiro atoms. The second kappa shape index (κ2) is 13.2. The van der Waals surface area contributed by atoms with E-state index < -0.39 is 13.9 Å². The van der Waals surface area contributed by atoms with Gasteiger partial charge in [0.15, 0.2) is 8.32 Å². The number of carbonyl (C=O) groups is 2. The van der Waals surface area contributed by atoms with E-state index in [1.54, 1.807) is 7.11 Å². The Bertz CT molecular complexity index is 1020. The van der Waals surface area contributed by atoms with E-state index in [1.165, 1.54) is 0 Å². The van der Waals surface area contributed by atoms with Crippen LogP contribution >= 0.6 is 0 Å². The van der Waals surface area contributed by atoms with Gasteiger partial charge in [-0.2, -0.15) is 0 Å². The highest BCUT2D eigenvalue weighted by molar-refractivity contribution is 6.74. The Hall–Kier alpha value is -2.16. The third-order valence-corrected chi connectivity index (χ3v) is 12.8. The van der Waals surface area contributed by atoms with Crippen molar-refractivity contribution in [3.63, 3.8) is 0 Å². The van der Waals surface area contributed by atoms with Gasteiger partial charge in [0, 0.05) is 24.7 Å². The number of rotatable bonds is 12. The summed E-state index contributed by atoms with van der Waals surface area (Å²) in [6.45, 7) is 17.3. The van der Waals surface area contributed by atoms with E-state index in [4.69, 9.17) is 23.4 Å². The van der Waals surface area contributed by atoms with Gasteiger partial charge in [-0.3, -0.25) is 9.59 Å². The smallest absolute Gasteiger partial charge is 0.306 e. The van der Waals surface area contributed by atoms with Crippen LogP contribution in [0.3, 0.4) is 0 Å². The summed E-state index contributed by atoms with van der Waals surface area (Å²) in [5.74, 6) is 0.639. The molecule has 1 aliphatic carbocycles. The minimum atomic E-state index is -2.07. The molecule has 5 atom stereocenters. The zero-order chi connectivity index (χ0) is 29.7. The summed E-state index contributed by atoms with van der Waals surface area (Å²) in [6.07, 6.45) is 6.87. The molecular weight excluding hydrogens is 524 g/mol. The second-order valence-corrected chi connectivity index (χ2v) is 18.4. The van der Waals surface area contributed by atoms with Gasteiger partial charge >= 0.3 is 11.9 Å². The maximum absolute atomic E-state index is 12.3. The summed E-state index contributed by atoms with van der Waals surface area (Å²) in [5.41, 5.74) is 0.577. The van der Waals surface area contributed by atoms with Crippen molar-refractivity contribution in [1.82, 2.24) is 0 Å². The fraction of sp³-hybridized carbons (Fsp3) is 0.688.